The van der Waals surface area contributed by atoms with Crippen LogP contribution in [0.5, 0.6) is 5.75 Å². The molecule has 6 nitrogen and oxygen atoms in total. The van der Waals surface area contributed by atoms with Crippen LogP contribution in [0.2, 0.25) is 0 Å². The molecule has 1 aromatic heterocycles. The number of aromatic hydroxyl groups is 1. The second-order valence-corrected chi connectivity index (χ2v) is 10.6. The fourth-order valence-corrected chi connectivity index (χ4v) is 4.71. The second-order valence-electron chi connectivity index (χ2n) is 10.6. The van der Waals surface area contributed by atoms with E-state index in [0.29, 0.717) is 18.9 Å². The number of fused-ring (bicyclic) bond motifs is 1. The van der Waals surface area contributed by atoms with Crippen molar-refractivity contribution in [1.82, 2.24) is 15.6 Å². The molecule has 3 aromatic rings. The van der Waals surface area contributed by atoms with E-state index in [4.69, 9.17) is 10.7 Å². The molecule has 0 saturated heterocycles. The molecule has 0 spiro atoms. The number of benzene rings is 2. The van der Waals surface area contributed by atoms with Crippen LogP contribution in [-0.2, 0) is 17.6 Å². The summed E-state index contributed by atoms with van der Waals surface area (Å²) in [4.78, 5) is 18.2. The van der Waals surface area contributed by atoms with Crippen molar-refractivity contribution < 1.29 is 9.90 Å². The Balaban J connectivity index is 0.00000380. The van der Waals surface area contributed by atoms with E-state index in [1.807, 2.05) is 30.3 Å². The third-order valence-electron chi connectivity index (χ3n) is 6.76. The lowest BCUT2D eigenvalue weighted by Crippen LogP contribution is -2.51. The summed E-state index contributed by atoms with van der Waals surface area (Å²) in [5.74, 6) is 0.680. The quantitative estimate of drug-likeness (QED) is 0.179. The second kappa shape index (κ2) is 18.1. The van der Waals surface area contributed by atoms with Gasteiger partial charge in [-0.05, 0) is 67.9 Å². The summed E-state index contributed by atoms with van der Waals surface area (Å²) in [6.07, 6.45) is 6.29. The first-order valence-corrected chi connectivity index (χ1v) is 13.8. The number of nitrogens with zero attached hydrogens (tertiary/aromatic N) is 1. The summed E-state index contributed by atoms with van der Waals surface area (Å²) in [5.41, 5.74) is 9.30. The minimum Gasteiger partial charge on any atom is -0.508 e. The number of para-hydroxylation sites is 1. The number of rotatable bonds is 15. The first-order valence-electron chi connectivity index (χ1n) is 13.8. The van der Waals surface area contributed by atoms with E-state index in [9.17, 15) is 9.90 Å². The molecule has 3 atom stereocenters. The Morgan fingerprint density at radius 3 is 2.41 bits per heavy atom. The maximum atomic E-state index is 13.3. The van der Waals surface area contributed by atoms with E-state index in [1.54, 1.807) is 12.1 Å². The SMILES string of the molecule is CCCC[C@H](N)CNC(=O)[C@H](Cc1ccc(O)cc1)N[C@H](CCc1ccc2ccccc2n1)CC(C)C.Cl.Cl. The smallest absolute Gasteiger partial charge is 0.237 e. The van der Waals surface area contributed by atoms with Crippen molar-refractivity contribution in [2.24, 2.45) is 11.7 Å². The van der Waals surface area contributed by atoms with Crippen LogP contribution < -0.4 is 16.4 Å². The fraction of sp³-hybridized carbons (Fsp3) is 0.484. The third-order valence-corrected chi connectivity index (χ3v) is 6.76. The predicted octanol–water partition coefficient (Wildman–Crippen LogP) is 5.97. The summed E-state index contributed by atoms with van der Waals surface area (Å²) >= 11 is 0. The molecule has 216 valence electrons. The Hall–Kier alpha value is -2.38. The molecule has 0 unspecified atom stereocenters. The van der Waals surface area contributed by atoms with Gasteiger partial charge in [0.1, 0.15) is 5.75 Å². The lowest BCUT2D eigenvalue weighted by molar-refractivity contribution is -0.123. The number of nitrogens with one attached hydrogen (secondary N) is 2. The number of halogens is 2. The molecule has 1 heterocycles. The summed E-state index contributed by atoms with van der Waals surface area (Å²) < 4.78 is 0. The van der Waals surface area contributed by atoms with Gasteiger partial charge >= 0.3 is 0 Å². The van der Waals surface area contributed by atoms with Crippen molar-refractivity contribution in [3.05, 3.63) is 71.9 Å². The van der Waals surface area contributed by atoms with E-state index in [-0.39, 0.29) is 48.6 Å². The molecular formula is C31H46Cl2N4O2. The maximum absolute atomic E-state index is 13.3. The number of unbranched alkanes of at least 4 members (excludes halogenated alkanes) is 1. The number of phenols is 1. The van der Waals surface area contributed by atoms with Crippen LogP contribution in [-0.4, -0.2) is 40.7 Å². The highest BCUT2D eigenvalue weighted by atomic mass is 35.5. The van der Waals surface area contributed by atoms with Gasteiger partial charge in [0.25, 0.3) is 0 Å². The van der Waals surface area contributed by atoms with E-state index in [1.165, 1.54) is 0 Å². The first-order chi connectivity index (χ1) is 17.8. The van der Waals surface area contributed by atoms with Gasteiger partial charge in [-0.2, -0.15) is 0 Å². The molecule has 0 saturated carbocycles. The van der Waals surface area contributed by atoms with Gasteiger partial charge in [0.15, 0.2) is 0 Å². The largest absolute Gasteiger partial charge is 0.508 e. The highest BCUT2D eigenvalue weighted by Gasteiger charge is 2.24. The summed E-state index contributed by atoms with van der Waals surface area (Å²) in [6.45, 7) is 7.04. The van der Waals surface area contributed by atoms with Gasteiger partial charge in [-0.25, -0.2) is 0 Å². The van der Waals surface area contributed by atoms with Gasteiger partial charge in [0.05, 0.1) is 11.6 Å². The molecule has 0 aliphatic heterocycles. The number of hydrogen-bond acceptors (Lipinski definition) is 5. The Kier molecular flexibility index (Phi) is 16.0. The molecule has 1 amide bonds. The van der Waals surface area contributed by atoms with Gasteiger partial charge in [0, 0.05) is 29.7 Å². The van der Waals surface area contributed by atoms with Crippen LogP contribution in [0.3, 0.4) is 0 Å². The number of aromatic nitrogens is 1. The van der Waals surface area contributed by atoms with Crippen LogP contribution in [0.15, 0.2) is 60.7 Å². The molecule has 0 aliphatic carbocycles. The van der Waals surface area contributed by atoms with Crippen molar-refractivity contribution >= 4 is 41.6 Å². The normalized spacial score (nSPS) is 13.3. The average molecular weight is 578 g/mol. The molecule has 2 aromatic carbocycles. The van der Waals surface area contributed by atoms with E-state index in [0.717, 1.165) is 60.7 Å². The van der Waals surface area contributed by atoms with Crippen LogP contribution in [0.25, 0.3) is 10.9 Å². The zero-order valence-electron chi connectivity index (χ0n) is 23.4. The van der Waals surface area contributed by atoms with E-state index < -0.39 is 6.04 Å². The number of carbonyl (C=O) groups excluding carboxylic acids is 1. The Morgan fingerprint density at radius 1 is 1.00 bits per heavy atom. The average Bonchev–Trinajstić information content (AvgIpc) is 2.89. The molecule has 0 radical (unpaired) electrons. The summed E-state index contributed by atoms with van der Waals surface area (Å²) in [6, 6.07) is 19.2. The Morgan fingerprint density at radius 2 is 1.72 bits per heavy atom. The monoisotopic (exact) mass is 576 g/mol. The fourth-order valence-electron chi connectivity index (χ4n) is 4.71. The van der Waals surface area contributed by atoms with Crippen molar-refractivity contribution in [3.8, 4) is 5.75 Å². The molecule has 3 rings (SSSR count). The maximum Gasteiger partial charge on any atom is 0.237 e. The van der Waals surface area contributed by atoms with Gasteiger partial charge in [-0.15, -0.1) is 24.8 Å². The lowest BCUT2D eigenvalue weighted by atomic mass is 9.96. The minimum atomic E-state index is -0.392. The highest BCUT2D eigenvalue weighted by molar-refractivity contribution is 5.85. The van der Waals surface area contributed by atoms with Gasteiger partial charge < -0.3 is 21.5 Å². The predicted molar refractivity (Wildman–Crippen MR) is 167 cm³/mol. The van der Waals surface area contributed by atoms with Crippen LogP contribution in [0.4, 0.5) is 0 Å². The minimum absolute atomic E-state index is 0. The van der Waals surface area contributed by atoms with Crippen molar-refractivity contribution in [3.63, 3.8) is 0 Å². The number of amides is 1. The van der Waals surface area contributed by atoms with Crippen LogP contribution >= 0.6 is 24.8 Å². The molecular weight excluding hydrogens is 531 g/mol. The zero-order chi connectivity index (χ0) is 26.6. The van der Waals surface area contributed by atoms with Gasteiger partial charge in [0.2, 0.25) is 5.91 Å². The standard InChI is InChI=1S/C31H44N4O2.2ClH/c1-4-5-9-25(32)21-33-31(37)30(20-23-11-17-28(36)18-12-23)35-27(19-22(2)3)16-15-26-14-13-24-8-6-7-10-29(24)34-26;;/h6-8,10-14,17-18,22,25,27,30,35-36H,4-5,9,15-16,19-21,32H2,1-3H3,(H,33,37);2*1H/t25-,27+,30-;;/m0../s1. The van der Waals surface area contributed by atoms with E-state index >= 15 is 0 Å². The number of nitrogens with two attached hydrogens (primary N) is 1. The lowest BCUT2D eigenvalue weighted by Gasteiger charge is -2.27. The molecule has 0 fully saturated rings. The molecule has 5 N–H and O–H groups in total. The number of phenolic OH excluding ortho intramolecular Hbond substituents is 1. The summed E-state index contributed by atoms with van der Waals surface area (Å²) in [5, 5.41) is 17.6. The van der Waals surface area contributed by atoms with Crippen LogP contribution in [0.1, 0.15) is 64.1 Å². The number of hydrogen-bond donors (Lipinski definition) is 4. The molecule has 0 aliphatic rings. The molecule has 8 heteroatoms. The third kappa shape index (κ3) is 12.1. The van der Waals surface area contributed by atoms with Crippen molar-refractivity contribution in [2.75, 3.05) is 6.54 Å². The topological polar surface area (TPSA) is 100 Å². The zero-order valence-corrected chi connectivity index (χ0v) is 25.1. The highest BCUT2D eigenvalue weighted by Crippen LogP contribution is 2.17. The van der Waals surface area contributed by atoms with E-state index in [2.05, 4.69) is 49.6 Å². The number of carbonyl (C=O) groups is 1. The van der Waals surface area contributed by atoms with Crippen molar-refractivity contribution in [2.45, 2.75) is 83.8 Å². The summed E-state index contributed by atoms with van der Waals surface area (Å²) in [7, 11) is 0. The van der Waals surface area contributed by atoms with Gasteiger partial charge in [-0.3, -0.25) is 9.78 Å². The molecule has 39 heavy (non-hydrogen) atoms. The Bertz CT molecular complexity index is 1110. The van der Waals surface area contributed by atoms with Crippen LogP contribution in [0, 0.1) is 5.92 Å². The number of aryl methyl sites for hydroxylation is 1. The number of pyridine rings is 1. The van der Waals surface area contributed by atoms with Crippen molar-refractivity contribution in [1.29, 1.82) is 0 Å². The Labute approximate surface area is 246 Å². The van der Waals surface area contributed by atoms with Gasteiger partial charge in [-0.1, -0.05) is 70.0 Å². The molecule has 0 bridgehead atoms. The first kappa shape index (κ1) is 34.6.